The second-order valence-electron chi connectivity index (χ2n) is 5.78. The van der Waals surface area contributed by atoms with Crippen molar-refractivity contribution in [3.05, 3.63) is 70.5 Å². The van der Waals surface area contributed by atoms with E-state index in [2.05, 4.69) is 20.6 Å². The number of benzene rings is 2. The molecule has 6 nitrogen and oxygen atoms in total. The van der Waals surface area contributed by atoms with Crippen LogP contribution >= 0.6 is 11.6 Å². The summed E-state index contributed by atoms with van der Waals surface area (Å²) in [7, 11) is 0. The van der Waals surface area contributed by atoms with Crippen molar-refractivity contribution in [1.82, 2.24) is 9.97 Å². The molecule has 1 aromatic heterocycles. The molecule has 0 saturated heterocycles. The molecule has 3 N–H and O–H groups in total. The molecule has 0 fully saturated rings. The monoisotopic (exact) mass is 368 g/mol. The van der Waals surface area contributed by atoms with Gasteiger partial charge < -0.3 is 15.7 Å². The predicted molar refractivity (Wildman–Crippen MR) is 103 cm³/mol. The van der Waals surface area contributed by atoms with Crippen molar-refractivity contribution in [3.8, 4) is 0 Å². The molecule has 0 bridgehead atoms. The van der Waals surface area contributed by atoms with Gasteiger partial charge in [0.1, 0.15) is 17.5 Å². The molecule has 0 aliphatic heterocycles. The Labute approximate surface area is 155 Å². The SMILES string of the molecule is Cc1nc(Nc2ccc(C(=O)O)cc2)cc(Nc2ccc(C)c(Cl)c2)n1. The van der Waals surface area contributed by atoms with Crippen LogP contribution in [0.2, 0.25) is 5.02 Å². The van der Waals surface area contributed by atoms with Crippen LogP contribution in [0.5, 0.6) is 0 Å². The molecule has 26 heavy (non-hydrogen) atoms. The molecule has 0 spiro atoms. The molecule has 0 unspecified atom stereocenters. The van der Waals surface area contributed by atoms with Crippen LogP contribution in [0.4, 0.5) is 23.0 Å². The van der Waals surface area contributed by atoms with Gasteiger partial charge in [0.2, 0.25) is 0 Å². The number of carboxylic acid groups (broad SMARTS) is 1. The van der Waals surface area contributed by atoms with Gasteiger partial charge in [-0.3, -0.25) is 0 Å². The Morgan fingerprint density at radius 2 is 1.50 bits per heavy atom. The van der Waals surface area contributed by atoms with Crippen molar-refractivity contribution in [3.63, 3.8) is 0 Å². The summed E-state index contributed by atoms with van der Waals surface area (Å²) in [6.45, 7) is 3.74. The first-order chi connectivity index (χ1) is 12.4. The Morgan fingerprint density at radius 1 is 0.923 bits per heavy atom. The van der Waals surface area contributed by atoms with Crippen LogP contribution in [0.25, 0.3) is 0 Å². The van der Waals surface area contributed by atoms with E-state index in [4.69, 9.17) is 16.7 Å². The standard InChI is InChI=1S/C19H17ClN4O2/c1-11-3-6-15(9-16(11)20)24-18-10-17(21-12(2)22-18)23-14-7-4-13(5-8-14)19(25)26/h3-10H,1-2H3,(H,25,26)(H2,21,22,23,24). The van der Waals surface area contributed by atoms with Crippen LogP contribution in [0, 0.1) is 13.8 Å². The number of hydrogen-bond donors (Lipinski definition) is 3. The van der Waals surface area contributed by atoms with Crippen molar-refractivity contribution in [2.75, 3.05) is 10.6 Å². The van der Waals surface area contributed by atoms with Crippen LogP contribution < -0.4 is 10.6 Å². The fourth-order valence-electron chi connectivity index (χ4n) is 2.36. The molecule has 1 heterocycles. The average Bonchev–Trinajstić information content (AvgIpc) is 2.58. The number of anilines is 4. The third-order valence-corrected chi connectivity index (χ3v) is 4.09. The highest BCUT2D eigenvalue weighted by molar-refractivity contribution is 6.31. The topological polar surface area (TPSA) is 87.1 Å². The lowest BCUT2D eigenvalue weighted by Gasteiger charge is -2.11. The smallest absolute Gasteiger partial charge is 0.335 e. The highest BCUT2D eigenvalue weighted by atomic mass is 35.5. The molecule has 0 saturated carbocycles. The van der Waals surface area contributed by atoms with Gasteiger partial charge in [0.15, 0.2) is 0 Å². The van der Waals surface area contributed by atoms with Crippen LogP contribution in [0.1, 0.15) is 21.7 Å². The molecule has 0 amide bonds. The zero-order valence-corrected chi connectivity index (χ0v) is 15.0. The normalized spacial score (nSPS) is 10.4. The van der Waals surface area contributed by atoms with Crippen molar-refractivity contribution >= 4 is 40.6 Å². The third kappa shape index (κ3) is 4.29. The molecule has 0 aliphatic carbocycles. The Bertz CT molecular complexity index is 958. The van der Waals surface area contributed by atoms with E-state index in [1.807, 2.05) is 25.1 Å². The summed E-state index contributed by atoms with van der Waals surface area (Å²) < 4.78 is 0. The predicted octanol–water partition coefficient (Wildman–Crippen LogP) is 4.93. The van der Waals surface area contributed by atoms with Gasteiger partial charge in [-0.2, -0.15) is 0 Å². The highest BCUT2D eigenvalue weighted by Crippen LogP contribution is 2.24. The van der Waals surface area contributed by atoms with Crippen molar-refractivity contribution < 1.29 is 9.90 Å². The van der Waals surface area contributed by atoms with E-state index in [1.165, 1.54) is 12.1 Å². The maximum absolute atomic E-state index is 10.9. The molecule has 0 atom stereocenters. The molecule has 7 heteroatoms. The zero-order chi connectivity index (χ0) is 18.7. The van der Waals surface area contributed by atoms with E-state index in [9.17, 15) is 4.79 Å². The molecule has 3 rings (SSSR count). The summed E-state index contributed by atoms with van der Waals surface area (Å²) in [6.07, 6.45) is 0. The van der Waals surface area contributed by atoms with Crippen LogP contribution in [-0.4, -0.2) is 21.0 Å². The van der Waals surface area contributed by atoms with Gasteiger partial charge in [0.05, 0.1) is 5.56 Å². The fraction of sp³-hybridized carbons (Fsp3) is 0.105. The first-order valence-corrected chi connectivity index (χ1v) is 8.28. The minimum atomic E-state index is -0.960. The first kappa shape index (κ1) is 17.7. The Kier molecular flexibility index (Phi) is 5.04. The maximum Gasteiger partial charge on any atom is 0.335 e. The number of nitrogens with one attached hydrogen (secondary N) is 2. The van der Waals surface area contributed by atoms with Crippen molar-refractivity contribution in [2.24, 2.45) is 0 Å². The van der Waals surface area contributed by atoms with Gasteiger partial charge in [-0.15, -0.1) is 0 Å². The molecular formula is C19H17ClN4O2. The van der Waals surface area contributed by atoms with E-state index < -0.39 is 5.97 Å². The zero-order valence-electron chi connectivity index (χ0n) is 14.2. The molecule has 0 radical (unpaired) electrons. The lowest BCUT2D eigenvalue weighted by molar-refractivity contribution is 0.0697. The van der Waals surface area contributed by atoms with E-state index in [-0.39, 0.29) is 5.56 Å². The van der Waals surface area contributed by atoms with Gasteiger partial charge in [-0.25, -0.2) is 14.8 Å². The number of nitrogens with zero attached hydrogens (tertiary/aromatic N) is 2. The van der Waals surface area contributed by atoms with Crippen molar-refractivity contribution in [2.45, 2.75) is 13.8 Å². The Balaban J connectivity index is 1.80. The number of aryl methyl sites for hydroxylation is 2. The summed E-state index contributed by atoms with van der Waals surface area (Å²) in [6, 6.07) is 13.9. The van der Waals surface area contributed by atoms with E-state index in [0.29, 0.717) is 22.5 Å². The summed E-state index contributed by atoms with van der Waals surface area (Å²) in [5.41, 5.74) is 2.80. The second-order valence-corrected chi connectivity index (χ2v) is 6.19. The fourth-order valence-corrected chi connectivity index (χ4v) is 2.54. The number of rotatable bonds is 5. The van der Waals surface area contributed by atoms with E-state index >= 15 is 0 Å². The van der Waals surface area contributed by atoms with Crippen LogP contribution in [-0.2, 0) is 0 Å². The van der Waals surface area contributed by atoms with Crippen LogP contribution in [0.15, 0.2) is 48.5 Å². The van der Waals surface area contributed by atoms with Crippen LogP contribution in [0.3, 0.4) is 0 Å². The molecule has 132 valence electrons. The lowest BCUT2D eigenvalue weighted by atomic mass is 10.2. The number of carbonyl (C=O) groups is 1. The third-order valence-electron chi connectivity index (χ3n) is 3.69. The Morgan fingerprint density at radius 3 is 2.08 bits per heavy atom. The van der Waals surface area contributed by atoms with Gasteiger partial charge >= 0.3 is 5.97 Å². The summed E-state index contributed by atoms with van der Waals surface area (Å²) in [4.78, 5) is 19.7. The minimum absolute atomic E-state index is 0.230. The van der Waals surface area contributed by atoms with Gasteiger partial charge in [-0.05, 0) is 55.8 Å². The quantitative estimate of drug-likeness (QED) is 0.591. The minimum Gasteiger partial charge on any atom is -0.478 e. The number of aromatic carboxylic acids is 1. The lowest BCUT2D eigenvalue weighted by Crippen LogP contribution is -2.02. The molecule has 0 aliphatic rings. The molecule has 3 aromatic rings. The number of halogens is 1. The van der Waals surface area contributed by atoms with Gasteiger partial charge in [0.25, 0.3) is 0 Å². The largest absolute Gasteiger partial charge is 0.478 e. The second kappa shape index (κ2) is 7.41. The summed E-state index contributed by atoms with van der Waals surface area (Å²) >= 11 is 6.16. The number of carboxylic acids is 1. The Hall–Kier alpha value is -3.12. The average molecular weight is 369 g/mol. The molecule has 2 aromatic carbocycles. The van der Waals surface area contributed by atoms with Gasteiger partial charge in [-0.1, -0.05) is 17.7 Å². The van der Waals surface area contributed by atoms with Crippen molar-refractivity contribution in [1.29, 1.82) is 0 Å². The molecular weight excluding hydrogens is 352 g/mol. The highest BCUT2D eigenvalue weighted by Gasteiger charge is 2.06. The number of hydrogen-bond acceptors (Lipinski definition) is 5. The first-order valence-electron chi connectivity index (χ1n) is 7.90. The van der Waals surface area contributed by atoms with Gasteiger partial charge in [0, 0.05) is 22.5 Å². The summed E-state index contributed by atoms with van der Waals surface area (Å²) in [5, 5.41) is 16.0. The van der Waals surface area contributed by atoms with E-state index in [0.717, 1.165) is 16.9 Å². The summed E-state index contributed by atoms with van der Waals surface area (Å²) in [5.74, 6) is 0.860. The maximum atomic E-state index is 10.9. The van der Waals surface area contributed by atoms with E-state index in [1.54, 1.807) is 25.1 Å². The number of aromatic nitrogens is 2.